The quantitative estimate of drug-likeness (QED) is 0.474. The van der Waals surface area contributed by atoms with Crippen LogP contribution in [0.25, 0.3) is 20.9 Å². The fourth-order valence-electron chi connectivity index (χ4n) is 1.38. The number of aromatic carboxylic acids is 1. The topological polar surface area (TPSA) is 135 Å². The van der Waals surface area contributed by atoms with Crippen molar-refractivity contribution in [3.63, 3.8) is 0 Å². The van der Waals surface area contributed by atoms with Crippen LogP contribution in [0, 0.1) is 0 Å². The maximum atomic E-state index is 11.0. The molecule has 1 aromatic rings. The summed E-state index contributed by atoms with van der Waals surface area (Å²) in [6.07, 6.45) is 0. The van der Waals surface area contributed by atoms with E-state index in [4.69, 9.17) is 16.2 Å². The van der Waals surface area contributed by atoms with Gasteiger partial charge in [0.1, 0.15) is 0 Å². The van der Waals surface area contributed by atoms with Crippen LogP contribution in [0.5, 0.6) is 0 Å². The summed E-state index contributed by atoms with van der Waals surface area (Å²) in [5.74, 6) is -1.11. The molecule has 0 aromatic heterocycles. The van der Waals surface area contributed by atoms with Crippen molar-refractivity contribution < 1.29 is 9.90 Å². The Labute approximate surface area is 95.7 Å². The van der Waals surface area contributed by atoms with Gasteiger partial charge in [-0.2, -0.15) is 0 Å². The first kappa shape index (κ1) is 12.4. The van der Waals surface area contributed by atoms with Crippen LogP contribution >= 0.6 is 0 Å². The third-order valence-electron chi connectivity index (χ3n) is 2.10. The molecule has 0 aliphatic carbocycles. The molecule has 86 valence electrons. The van der Waals surface area contributed by atoms with Gasteiger partial charge in [0.15, 0.2) is 0 Å². The van der Waals surface area contributed by atoms with Crippen LogP contribution in [0.4, 0.5) is 0 Å². The lowest BCUT2D eigenvalue weighted by molar-refractivity contribution is 0.0695. The summed E-state index contributed by atoms with van der Waals surface area (Å²) in [6.45, 7) is -0.0663. The van der Waals surface area contributed by atoms with Gasteiger partial charge in [-0.1, -0.05) is 22.4 Å². The molecule has 1 aromatic carbocycles. The normalized spacial score (nSPS) is 8.94. The Morgan fingerprint density at radius 1 is 1.24 bits per heavy atom. The van der Waals surface area contributed by atoms with Crippen LogP contribution < -0.4 is 0 Å². The van der Waals surface area contributed by atoms with E-state index in [0.717, 1.165) is 0 Å². The molecule has 8 heteroatoms. The number of carboxylic acid groups (broad SMARTS) is 1. The number of carboxylic acids is 1. The molecule has 17 heavy (non-hydrogen) atoms. The number of rotatable bonds is 5. The van der Waals surface area contributed by atoms with Crippen molar-refractivity contribution in [1.29, 1.82) is 0 Å². The van der Waals surface area contributed by atoms with E-state index in [1.165, 1.54) is 6.07 Å². The van der Waals surface area contributed by atoms with Gasteiger partial charge in [0.2, 0.25) is 0 Å². The molecule has 1 N–H and O–H groups in total. The lowest BCUT2D eigenvalue weighted by Crippen LogP contribution is -2.04. The number of azide groups is 2. The second-order valence-electron chi connectivity index (χ2n) is 3.03. The van der Waals surface area contributed by atoms with Crippen LogP contribution in [-0.2, 0) is 13.1 Å². The first-order chi connectivity index (χ1) is 8.20. The molecule has 0 saturated heterocycles. The molecule has 0 atom stereocenters. The summed E-state index contributed by atoms with van der Waals surface area (Å²) >= 11 is 0. The average Bonchev–Trinajstić information content (AvgIpc) is 2.33. The van der Waals surface area contributed by atoms with E-state index in [1.54, 1.807) is 12.1 Å². The van der Waals surface area contributed by atoms with Crippen molar-refractivity contribution in [3.8, 4) is 0 Å². The highest BCUT2D eigenvalue weighted by molar-refractivity contribution is 5.89. The SMILES string of the molecule is [N-]=[N+]=NCc1cccc(C(=O)O)c1CN=[N+]=[N-]. The minimum Gasteiger partial charge on any atom is -0.478 e. The van der Waals surface area contributed by atoms with Crippen LogP contribution in [0.1, 0.15) is 21.5 Å². The number of nitrogens with zero attached hydrogens (tertiary/aromatic N) is 6. The minimum absolute atomic E-state index is 0.0217. The van der Waals surface area contributed by atoms with Crippen molar-refractivity contribution in [2.75, 3.05) is 0 Å². The molecule has 0 aliphatic rings. The van der Waals surface area contributed by atoms with Gasteiger partial charge >= 0.3 is 5.97 Å². The van der Waals surface area contributed by atoms with Crippen molar-refractivity contribution in [3.05, 3.63) is 55.8 Å². The molecule has 0 heterocycles. The highest BCUT2D eigenvalue weighted by Crippen LogP contribution is 2.17. The molecule has 0 saturated carbocycles. The summed E-state index contributed by atoms with van der Waals surface area (Å²) in [7, 11) is 0. The number of hydrogen-bond acceptors (Lipinski definition) is 3. The van der Waals surface area contributed by atoms with Crippen molar-refractivity contribution in [2.45, 2.75) is 13.1 Å². The van der Waals surface area contributed by atoms with Crippen molar-refractivity contribution >= 4 is 5.97 Å². The second-order valence-corrected chi connectivity index (χ2v) is 3.03. The highest BCUT2D eigenvalue weighted by Gasteiger charge is 2.12. The van der Waals surface area contributed by atoms with Crippen LogP contribution in [0.15, 0.2) is 28.4 Å². The highest BCUT2D eigenvalue weighted by atomic mass is 16.4. The lowest BCUT2D eigenvalue weighted by atomic mass is 10.0. The Morgan fingerprint density at radius 3 is 2.47 bits per heavy atom. The van der Waals surface area contributed by atoms with Gasteiger partial charge in [-0.25, -0.2) is 4.79 Å². The number of hydrogen-bond donors (Lipinski definition) is 1. The van der Waals surface area contributed by atoms with Crippen LogP contribution in [0.3, 0.4) is 0 Å². The van der Waals surface area contributed by atoms with Crippen molar-refractivity contribution in [1.82, 2.24) is 0 Å². The molecular weight excluding hydrogens is 224 g/mol. The third-order valence-corrected chi connectivity index (χ3v) is 2.10. The Hall–Kier alpha value is -2.69. The summed E-state index contributed by atoms with van der Waals surface area (Å²) in [4.78, 5) is 16.2. The van der Waals surface area contributed by atoms with E-state index in [1.807, 2.05) is 0 Å². The van der Waals surface area contributed by atoms with Gasteiger partial charge in [0.25, 0.3) is 0 Å². The molecule has 1 rings (SSSR count). The smallest absolute Gasteiger partial charge is 0.335 e. The summed E-state index contributed by atoms with van der Waals surface area (Å²) in [5, 5.41) is 15.7. The molecule has 0 bridgehead atoms. The predicted molar refractivity (Wildman–Crippen MR) is 59.1 cm³/mol. The standard InChI is InChI=1S/C9H8N6O2/c10-14-12-4-6-2-1-3-7(9(16)17)8(6)5-13-15-11/h1-3H,4-5H2,(H,16,17). The van der Waals surface area contributed by atoms with Crippen LogP contribution in [0.2, 0.25) is 0 Å². The minimum atomic E-state index is -1.11. The first-order valence-corrected chi connectivity index (χ1v) is 4.56. The summed E-state index contributed by atoms with van der Waals surface area (Å²) in [5.41, 5.74) is 17.4. The van der Waals surface area contributed by atoms with Gasteiger partial charge in [0, 0.05) is 9.82 Å². The van der Waals surface area contributed by atoms with E-state index in [0.29, 0.717) is 11.1 Å². The third kappa shape index (κ3) is 3.13. The zero-order valence-corrected chi connectivity index (χ0v) is 8.69. The Bertz CT molecular complexity index is 528. The van der Waals surface area contributed by atoms with Crippen LogP contribution in [-0.4, -0.2) is 11.1 Å². The van der Waals surface area contributed by atoms with Gasteiger partial charge in [-0.3, -0.25) is 0 Å². The number of carbonyl (C=O) groups is 1. The van der Waals surface area contributed by atoms with Crippen molar-refractivity contribution in [2.24, 2.45) is 10.2 Å². The van der Waals surface area contributed by atoms with E-state index in [-0.39, 0.29) is 18.7 Å². The molecule has 0 radical (unpaired) electrons. The monoisotopic (exact) mass is 232 g/mol. The fourth-order valence-corrected chi connectivity index (χ4v) is 1.38. The van der Waals surface area contributed by atoms with E-state index < -0.39 is 5.97 Å². The average molecular weight is 232 g/mol. The Kier molecular flexibility index (Phi) is 4.38. The predicted octanol–water partition coefficient (Wildman–Crippen LogP) is 3.01. The molecule has 0 fully saturated rings. The molecule has 0 aliphatic heterocycles. The molecule has 0 unspecified atom stereocenters. The molecule has 0 spiro atoms. The van der Waals surface area contributed by atoms with E-state index >= 15 is 0 Å². The maximum Gasteiger partial charge on any atom is 0.335 e. The van der Waals surface area contributed by atoms with Gasteiger partial charge in [-0.15, -0.1) is 0 Å². The summed E-state index contributed by atoms with van der Waals surface area (Å²) in [6, 6.07) is 4.58. The first-order valence-electron chi connectivity index (χ1n) is 4.56. The zero-order chi connectivity index (χ0) is 12.7. The molecule has 8 nitrogen and oxygen atoms in total. The summed E-state index contributed by atoms with van der Waals surface area (Å²) < 4.78 is 0. The maximum absolute atomic E-state index is 11.0. The van der Waals surface area contributed by atoms with Gasteiger partial charge in [0.05, 0.1) is 18.7 Å². The van der Waals surface area contributed by atoms with Gasteiger partial charge in [-0.05, 0) is 28.3 Å². The Morgan fingerprint density at radius 2 is 1.88 bits per heavy atom. The number of benzene rings is 1. The molecule has 0 amide bonds. The Balaban J connectivity index is 3.27. The van der Waals surface area contributed by atoms with Gasteiger partial charge < -0.3 is 5.11 Å². The second kappa shape index (κ2) is 6.02. The molecular formula is C9H8N6O2. The zero-order valence-electron chi connectivity index (χ0n) is 8.69. The largest absolute Gasteiger partial charge is 0.478 e. The lowest BCUT2D eigenvalue weighted by Gasteiger charge is -2.08. The van der Waals surface area contributed by atoms with E-state index in [9.17, 15) is 4.79 Å². The fraction of sp³-hybridized carbons (Fsp3) is 0.222. The van der Waals surface area contributed by atoms with E-state index in [2.05, 4.69) is 20.1 Å².